The van der Waals surface area contributed by atoms with Gasteiger partial charge in [0.15, 0.2) is 6.10 Å². The zero-order valence-electron chi connectivity index (χ0n) is 14.5. The van der Waals surface area contributed by atoms with Gasteiger partial charge in [-0.3, -0.25) is 4.79 Å². The van der Waals surface area contributed by atoms with Crippen LogP contribution < -0.4 is 9.64 Å². The van der Waals surface area contributed by atoms with E-state index in [1.54, 1.807) is 11.3 Å². The van der Waals surface area contributed by atoms with E-state index < -0.39 is 6.10 Å². The van der Waals surface area contributed by atoms with Crippen molar-refractivity contribution in [3.05, 3.63) is 28.6 Å². The average Bonchev–Trinajstić information content (AvgIpc) is 3.04. The van der Waals surface area contributed by atoms with Crippen molar-refractivity contribution in [2.75, 3.05) is 11.4 Å². The molecule has 2 heterocycles. The Balaban J connectivity index is 1.95. The Bertz CT molecular complexity index is 726. The van der Waals surface area contributed by atoms with E-state index in [1.807, 2.05) is 30.0 Å². The van der Waals surface area contributed by atoms with E-state index in [2.05, 4.69) is 19.2 Å². The smallest absolute Gasteiger partial charge is 0.267 e. The largest absolute Gasteiger partial charge is 0.479 e. The molecule has 3 rings (SSSR count). The second-order valence-corrected chi connectivity index (χ2v) is 7.11. The summed E-state index contributed by atoms with van der Waals surface area (Å²) < 4.78 is 5.78. The normalized spacial score (nSPS) is 16.9. The number of benzene rings is 1. The molecular formula is C19H24N2O2S. The Morgan fingerprint density at radius 2 is 2.12 bits per heavy atom. The molecule has 0 saturated heterocycles. The number of aromatic nitrogens is 1. The summed E-state index contributed by atoms with van der Waals surface area (Å²) >= 11 is 1.70. The Kier molecular flexibility index (Phi) is 5.19. The number of ether oxygens (including phenoxy) is 1. The van der Waals surface area contributed by atoms with E-state index in [4.69, 9.17) is 9.72 Å². The highest BCUT2D eigenvalue weighted by Crippen LogP contribution is 2.38. The number of carbonyl (C=O) groups excluding carboxylic acids is 1. The number of fused-ring (bicyclic) bond motifs is 1. The zero-order chi connectivity index (χ0) is 17.1. The van der Waals surface area contributed by atoms with Crippen molar-refractivity contribution in [3.63, 3.8) is 0 Å². The maximum Gasteiger partial charge on any atom is 0.267 e. The summed E-state index contributed by atoms with van der Waals surface area (Å²) in [7, 11) is 0. The fourth-order valence-electron chi connectivity index (χ4n) is 2.89. The Morgan fingerprint density at radius 1 is 1.29 bits per heavy atom. The molecule has 0 saturated carbocycles. The molecule has 128 valence electrons. The second kappa shape index (κ2) is 7.34. The first-order valence-electron chi connectivity index (χ1n) is 8.70. The second-order valence-electron chi connectivity index (χ2n) is 6.16. The van der Waals surface area contributed by atoms with Gasteiger partial charge in [-0.25, -0.2) is 4.98 Å². The number of hydrogen-bond acceptors (Lipinski definition) is 4. The standard InChI is InChI=1S/C19H24N2O2S/c1-4-6-10-21-16-11-14(15-12-24-18(20-15)7-5-2)8-9-17(16)23-13(3)19(21)22/h8-9,11-13H,4-7,10H2,1-3H3. The SMILES string of the molecule is CCCCN1C(=O)C(C)Oc2ccc(-c3csc(CCC)n3)cc21. The predicted molar refractivity (Wildman–Crippen MR) is 98.9 cm³/mol. The van der Waals surface area contributed by atoms with Gasteiger partial charge in [0, 0.05) is 17.5 Å². The number of thiazole rings is 1. The molecule has 0 fully saturated rings. The van der Waals surface area contributed by atoms with Crippen molar-refractivity contribution < 1.29 is 9.53 Å². The lowest BCUT2D eigenvalue weighted by atomic mass is 10.1. The predicted octanol–water partition coefficient (Wildman–Crippen LogP) is 4.68. The maximum absolute atomic E-state index is 12.5. The maximum atomic E-state index is 12.5. The topological polar surface area (TPSA) is 42.4 Å². The van der Waals surface area contributed by atoms with E-state index >= 15 is 0 Å². The number of nitrogens with zero attached hydrogens (tertiary/aromatic N) is 2. The van der Waals surface area contributed by atoms with Crippen LogP contribution in [-0.2, 0) is 11.2 Å². The molecule has 0 aliphatic carbocycles. The minimum absolute atomic E-state index is 0.0399. The Morgan fingerprint density at radius 3 is 2.88 bits per heavy atom. The molecule has 1 aromatic heterocycles. The molecule has 24 heavy (non-hydrogen) atoms. The number of carbonyl (C=O) groups is 1. The molecule has 0 bridgehead atoms. The monoisotopic (exact) mass is 344 g/mol. The summed E-state index contributed by atoms with van der Waals surface area (Å²) in [6, 6.07) is 6.04. The van der Waals surface area contributed by atoms with Crippen LogP contribution in [0.3, 0.4) is 0 Å². The minimum Gasteiger partial charge on any atom is -0.479 e. The highest BCUT2D eigenvalue weighted by atomic mass is 32.1. The first-order valence-corrected chi connectivity index (χ1v) is 9.58. The highest BCUT2D eigenvalue weighted by Gasteiger charge is 2.31. The van der Waals surface area contributed by atoms with Gasteiger partial charge < -0.3 is 9.64 Å². The number of amides is 1. The van der Waals surface area contributed by atoms with E-state index in [0.29, 0.717) is 0 Å². The molecule has 2 aromatic rings. The molecule has 1 aliphatic rings. The van der Waals surface area contributed by atoms with Crippen LogP contribution in [-0.4, -0.2) is 23.5 Å². The lowest BCUT2D eigenvalue weighted by molar-refractivity contribution is -0.125. The van der Waals surface area contributed by atoms with Gasteiger partial charge in [0.1, 0.15) is 5.75 Å². The number of unbranched alkanes of at least 4 members (excludes halogenated alkanes) is 1. The van der Waals surface area contributed by atoms with Crippen molar-refractivity contribution in [3.8, 4) is 17.0 Å². The van der Waals surface area contributed by atoms with Crippen molar-refractivity contribution in [1.29, 1.82) is 0 Å². The first-order chi connectivity index (χ1) is 11.6. The molecule has 1 aromatic carbocycles. The van der Waals surface area contributed by atoms with Gasteiger partial charge in [-0.05, 0) is 44.4 Å². The van der Waals surface area contributed by atoms with Crippen molar-refractivity contribution in [1.82, 2.24) is 4.98 Å². The highest BCUT2D eigenvalue weighted by molar-refractivity contribution is 7.09. The summed E-state index contributed by atoms with van der Waals surface area (Å²) in [5.74, 6) is 0.823. The third-order valence-electron chi connectivity index (χ3n) is 4.21. The van der Waals surface area contributed by atoms with E-state index in [1.165, 1.54) is 0 Å². The van der Waals surface area contributed by atoms with Gasteiger partial charge in [-0.1, -0.05) is 20.3 Å². The van der Waals surface area contributed by atoms with Gasteiger partial charge in [-0.2, -0.15) is 0 Å². The van der Waals surface area contributed by atoms with Crippen LogP contribution in [0.5, 0.6) is 5.75 Å². The molecule has 1 unspecified atom stereocenters. The summed E-state index contributed by atoms with van der Waals surface area (Å²) in [5, 5.41) is 3.26. The summed E-state index contributed by atoms with van der Waals surface area (Å²) in [5.41, 5.74) is 2.89. The zero-order valence-corrected chi connectivity index (χ0v) is 15.4. The van der Waals surface area contributed by atoms with Crippen LogP contribution >= 0.6 is 11.3 Å². The molecule has 1 aliphatic heterocycles. The lowest BCUT2D eigenvalue weighted by Gasteiger charge is -2.33. The quantitative estimate of drug-likeness (QED) is 0.764. The fraction of sp³-hybridized carbons (Fsp3) is 0.474. The van der Waals surface area contributed by atoms with Crippen LogP contribution in [0, 0.1) is 0 Å². The van der Waals surface area contributed by atoms with E-state index in [9.17, 15) is 4.79 Å². The Labute approximate surface area is 147 Å². The molecular weight excluding hydrogens is 320 g/mol. The third-order valence-corrected chi connectivity index (χ3v) is 5.12. The molecule has 1 atom stereocenters. The molecule has 1 amide bonds. The van der Waals surface area contributed by atoms with Crippen LogP contribution in [0.25, 0.3) is 11.3 Å². The van der Waals surface area contributed by atoms with Crippen LogP contribution in [0.4, 0.5) is 5.69 Å². The number of anilines is 1. The fourth-order valence-corrected chi connectivity index (χ4v) is 3.79. The molecule has 0 spiro atoms. The number of rotatable bonds is 6. The van der Waals surface area contributed by atoms with Crippen LogP contribution in [0.15, 0.2) is 23.6 Å². The van der Waals surface area contributed by atoms with E-state index in [0.717, 1.165) is 59.9 Å². The average molecular weight is 344 g/mol. The summed E-state index contributed by atoms with van der Waals surface area (Å²) in [6.07, 6.45) is 3.73. The van der Waals surface area contributed by atoms with Crippen molar-refractivity contribution >= 4 is 22.9 Å². The first kappa shape index (κ1) is 17.0. The summed E-state index contributed by atoms with van der Waals surface area (Å²) in [4.78, 5) is 19.1. The van der Waals surface area contributed by atoms with Gasteiger partial charge in [0.2, 0.25) is 0 Å². The van der Waals surface area contributed by atoms with Crippen LogP contribution in [0.2, 0.25) is 0 Å². The number of hydrogen-bond donors (Lipinski definition) is 0. The van der Waals surface area contributed by atoms with Gasteiger partial charge in [0.25, 0.3) is 5.91 Å². The Hall–Kier alpha value is -1.88. The molecule has 0 N–H and O–H groups in total. The molecule has 4 nitrogen and oxygen atoms in total. The summed E-state index contributed by atoms with van der Waals surface area (Å²) in [6.45, 7) is 6.85. The minimum atomic E-state index is -0.421. The molecule has 0 radical (unpaired) electrons. The van der Waals surface area contributed by atoms with Crippen molar-refractivity contribution in [2.24, 2.45) is 0 Å². The van der Waals surface area contributed by atoms with E-state index in [-0.39, 0.29) is 5.91 Å². The number of aryl methyl sites for hydroxylation is 1. The van der Waals surface area contributed by atoms with Gasteiger partial charge >= 0.3 is 0 Å². The lowest BCUT2D eigenvalue weighted by Crippen LogP contribution is -2.44. The van der Waals surface area contributed by atoms with Crippen LogP contribution in [0.1, 0.15) is 45.0 Å². The molecule has 5 heteroatoms. The van der Waals surface area contributed by atoms with Gasteiger partial charge in [-0.15, -0.1) is 11.3 Å². The van der Waals surface area contributed by atoms with Crippen molar-refractivity contribution in [2.45, 2.75) is 52.6 Å². The third kappa shape index (κ3) is 3.31. The van der Waals surface area contributed by atoms with Gasteiger partial charge in [0.05, 0.1) is 16.4 Å².